The van der Waals surface area contributed by atoms with E-state index in [1.807, 2.05) is 25.3 Å². The van der Waals surface area contributed by atoms with Crippen LogP contribution in [0.4, 0.5) is 0 Å². The quantitative estimate of drug-likeness (QED) is 0.781. The molecule has 0 spiro atoms. The van der Waals surface area contributed by atoms with Crippen LogP contribution in [0.25, 0.3) is 0 Å². The van der Waals surface area contributed by atoms with Crippen LogP contribution in [0.1, 0.15) is 10.8 Å². The summed E-state index contributed by atoms with van der Waals surface area (Å²) in [4.78, 5) is 3.05. The fourth-order valence-electron chi connectivity index (χ4n) is 3.63. The molecule has 7 heteroatoms. The highest BCUT2D eigenvalue weighted by molar-refractivity contribution is 9.11. The van der Waals surface area contributed by atoms with E-state index in [2.05, 4.69) is 39.0 Å². The standard InChI is InChI=1S/C17H14BrN5S/c1-23-5-4-10-11(6-19)16(22)17(8-20,9-21)15(12(10)7-23)13-2-3-14(18)24-13/h2-4,12,15H,5,7,22H2,1H3/t12-,15+/m1/s1. The van der Waals surface area contributed by atoms with E-state index in [1.165, 1.54) is 11.3 Å². The van der Waals surface area contributed by atoms with Crippen LogP contribution in [-0.4, -0.2) is 25.0 Å². The number of nitrogens with zero attached hydrogens (tertiary/aromatic N) is 4. The molecule has 1 aliphatic heterocycles. The van der Waals surface area contributed by atoms with Gasteiger partial charge in [0.05, 0.1) is 27.2 Å². The van der Waals surface area contributed by atoms with Crippen LogP contribution in [-0.2, 0) is 0 Å². The predicted octanol–water partition coefficient (Wildman–Crippen LogP) is 2.87. The molecule has 5 nitrogen and oxygen atoms in total. The molecule has 120 valence electrons. The summed E-state index contributed by atoms with van der Waals surface area (Å²) in [6, 6.07) is 10.2. The zero-order valence-corrected chi connectivity index (χ0v) is 15.4. The molecule has 2 atom stereocenters. The first-order valence-corrected chi connectivity index (χ1v) is 8.96. The molecule has 3 rings (SSSR count). The second kappa shape index (κ2) is 6.07. The van der Waals surface area contributed by atoms with Gasteiger partial charge in [-0.05, 0) is 40.7 Å². The van der Waals surface area contributed by atoms with Crippen LogP contribution in [0.3, 0.4) is 0 Å². The van der Waals surface area contributed by atoms with Crippen LogP contribution in [0.15, 0.2) is 38.8 Å². The van der Waals surface area contributed by atoms with Gasteiger partial charge in [-0.1, -0.05) is 6.08 Å². The van der Waals surface area contributed by atoms with Crippen molar-refractivity contribution in [2.75, 3.05) is 20.1 Å². The van der Waals surface area contributed by atoms with Gasteiger partial charge in [0.2, 0.25) is 0 Å². The Kier molecular flexibility index (Phi) is 4.24. The van der Waals surface area contributed by atoms with Gasteiger partial charge >= 0.3 is 0 Å². The molecular formula is C17H14BrN5S. The van der Waals surface area contributed by atoms with Gasteiger partial charge in [0.25, 0.3) is 0 Å². The second-order valence-corrected chi connectivity index (χ2v) is 8.53. The van der Waals surface area contributed by atoms with Crippen LogP contribution >= 0.6 is 27.3 Å². The smallest absolute Gasteiger partial charge is 0.192 e. The third-order valence-corrected chi connectivity index (χ3v) is 6.45. The molecule has 0 saturated heterocycles. The summed E-state index contributed by atoms with van der Waals surface area (Å²) in [7, 11) is 1.99. The maximum atomic E-state index is 9.88. The van der Waals surface area contributed by atoms with E-state index in [0.717, 1.165) is 20.8 Å². The Morgan fingerprint density at radius 3 is 2.58 bits per heavy atom. The number of rotatable bonds is 1. The third kappa shape index (κ3) is 2.27. The van der Waals surface area contributed by atoms with Crippen molar-refractivity contribution >= 4 is 27.3 Å². The molecule has 0 unspecified atom stereocenters. The van der Waals surface area contributed by atoms with Crippen molar-refractivity contribution < 1.29 is 0 Å². The Morgan fingerprint density at radius 2 is 2.04 bits per heavy atom. The Morgan fingerprint density at radius 1 is 1.33 bits per heavy atom. The van der Waals surface area contributed by atoms with E-state index in [-0.39, 0.29) is 11.6 Å². The molecule has 1 aromatic rings. The van der Waals surface area contributed by atoms with Gasteiger partial charge in [0, 0.05) is 29.8 Å². The number of fused-ring (bicyclic) bond motifs is 1. The van der Waals surface area contributed by atoms with Gasteiger partial charge in [-0.2, -0.15) is 15.8 Å². The van der Waals surface area contributed by atoms with Crippen molar-refractivity contribution in [2.45, 2.75) is 5.92 Å². The number of nitriles is 3. The number of likely N-dealkylation sites (N-methyl/N-ethyl adjacent to an activating group) is 1. The summed E-state index contributed by atoms with van der Waals surface area (Å²) >= 11 is 4.96. The molecule has 0 saturated carbocycles. The van der Waals surface area contributed by atoms with Gasteiger partial charge < -0.3 is 10.6 Å². The maximum Gasteiger partial charge on any atom is 0.192 e. The molecule has 1 aromatic heterocycles. The molecule has 2 heterocycles. The van der Waals surface area contributed by atoms with Gasteiger partial charge in [-0.25, -0.2) is 0 Å². The van der Waals surface area contributed by atoms with Gasteiger partial charge in [0.15, 0.2) is 5.41 Å². The molecule has 2 aliphatic rings. The zero-order valence-electron chi connectivity index (χ0n) is 13.0. The normalized spacial score (nSPS) is 25.9. The summed E-state index contributed by atoms with van der Waals surface area (Å²) in [5, 5.41) is 29.4. The first kappa shape index (κ1) is 16.7. The first-order chi connectivity index (χ1) is 11.5. The summed E-state index contributed by atoms with van der Waals surface area (Å²) in [6.07, 6.45) is 1.99. The fraction of sp³-hybridized carbons (Fsp3) is 0.353. The van der Waals surface area contributed by atoms with Crippen molar-refractivity contribution in [1.29, 1.82) is 15.8 Å². The maximum absolute atomic E-state index is 9.88. The van der Waals surface area contributed by atoms with Crippen molar-refractivity contribution in [2.24, 2.45) is 17.1 Å². The van der Waals surface area contributed by atoms with Gasteiger partial charge in [-0.15, -0.1) is 11.3 Å². The van der Waals surface area contributed by atoms with Crippen molar-refractivity contribution in [3.8, 4) is 18.2 Å². The molecule has 0 bridgehead atoms. The highest BCUT2D eigenvalue weighted by atomic mass is 79.9. The first-order valence-electron chi connectivity index (χ1n) is 7.35. The zero-order chi connectivity index (χ0) is 17.5. The van der Waals surface area contributed by atoms with Gasteiger partial charge in [0.1, 0.15) is 6.07 Å². The lowest BCUT2D eigenvalue weighted by atomic mass is 9.59. The van der Waals surface area contributed by atoms with E-state index >= 15 is 0 Å². The molecule has 1 aliphatic carbocycles. The Balaban J connectivity index is 2.33. The number of hydrogen-bond acceptors (Lipinski definition) is 6. The summed E-state index contributed by atoms with van der Waals surface area (Å²) < 4.78 is 0.936. The van der Waals surface area contributed by atoms with E-state index in [0.29, 0.717) is 12.1 Å². The second-order valence-electron chi connectivity index (χ2n) is 6.04. The molecule has 24 heavy (non-hydrogen) atoms. The SMILES string of the molecule is CN1CC=C2C(C#N)=C(N)C(C#N)(C#N)[C@H](c3ccc(Br)s3)[C@@H]2C1. The van der Waals surface area contributed by atoms with E-state index in [4.69, 9.17) is 5.73 Å². The van der Waals surface area contributed by atoms with Crippen LogP contribution in [0.5, 0.6) is 0 Å². The van der Waals surface area contributed by atoms with Crippen molar-refractivity contribution in [1.82, 2.24) is 4.90 Å². The Bertz CT molecular complexity index is 862. The number of nitrogens with two attached hydrogens (primary N) is 1. The van der Waals surface area contributed by atoms with Crippen LogP contribution in [0, 0.1) is 45.3 Å². The topological polar surface area (TPSA) is 101 Å². The largest absolute Gasteiger partial charge is 0.399 e. The Labute approximate surface area is 153 Å². The number of thiophene rings is 1. The molecule has 0 amide bonds. The monoisotopic (exact) mass is 399 g/mol. The average molecular weight is 400 g/mol. The fourth-order valence-corrected chi connectivity index (χ4v) is 5.28. The van der Waals surface area contributed by atoms with Gasteiger partial charge in [-0.3, -0.25) is 0 Å². The summed E-state index contributed by atoms with van der Waals surface area (Å²) in [6.45, 7) is 1.40. The van der Waals surface area contributed by atoms with E-state index < -0.39 is 11.3 Å². The minimum absolute atomic E-state index is 0.0802. The third-order valence-electron chi connectivity index (χ3n) is 4.75. The summed E-state index contributed by atoms with van der Waals surface area (Å²) in [5.41, 5.74) is 5.92. The molecule has 0 radical (unpaired) electrons. The molecule has 2 N–H and O–H groups in total. The molecule has 0 fully saturated rings. The lowest BCUT2D eigenvalue weighted by Gasteiger charge is -2.44. The molecule has 0 aromatic carbocycles. The Hall–Kier alpha value is -2.11. The minimum Gasteiger partial charge on any atom is -0.399 e. The highest BCUT2D eigenvalue weighted by Gasteiger charge is 2.54. The minimum atomic E-state index is -1.53. The highest BCUT2D eigenvalue weighted by Crippen LogP contribution is 2.55. The summed E-state index contributed by atoms with van der Waals surface area (Å²) in [5.74, 6) is -0.509. The predicted molar refractivity (Wildman–Crippen MR) is 94.3 cm³/mol. The number of allylic oxidation sites excluding steroid dienone is 2. The average Bonchev–Trinajstić information content (AvgIpc) is 3.00. The number of hydrogen-bond donors (Lipinski definition) is 1. The van der Waals surface area contributed by atoms with E-state index in [9.17, 15) is 15.8 Å². The van der Waals surface area contributed by atoms with Crippen molar-refractivity contribution in [3.63, 3.8) is 0 Å². The van der Waals surface area contributed by atoms with E-state index in [1.54, 1.807) is 0 Å². The van der Waals surface area contributed by atoms with Crippen molar-refractivity contribution in [3.05, 3.63) is 43.7 Å². The molecular weight excluding hydrogens is 386 g/mol. The van der Waals surface area contributed by atoms with Crippen LogP contribution in [0.2, 0.25) is 0 Å². The lowest BCUT2D eigenvalue weighted by molar-refractivity contribution is 0.240. The number of halogens is 1. The lowest BCUT2D eigenvalue weighted by Crippen LogP contribution is -2.47. The van der Waals surface area contributed by atoms with Crippen LogP contribution < -0.4 is 5.73 Å².